The Kier molecular flexibility index (Phi) is 4.81. The van der Waals surface area contributed by atoms with Crippen molar-refractivity contribution < 1.29 is 21.6 Å². The fourth-order valence-electron chi connectivity index (χ4n) is 1.70. The fourth-order valence-corrected chi connectivity index (χ4v) is 2.63. The molecule has 0 amide bonds. The van der Waals surface area contributed by atoms with Crippen LogP contribution >= 0.6 is 11.6 Å². The number of benzene rings is 1. The number of nitrogens with zero attached hydrogens (tertiary/aromatic N) is 2. The second-order valence-electron chi connectivity index (χ2n) is 4.67. The van der Waals surface area contributed by atoms with Gasteiger partial charge in [0.1, 0.15) is 10.7 Å². The predicted molar refractivity (Wildman–Crippen MR) is 78.9 cm³/mol. The average molecular weight is 366 g/mol. The van der Waals surface area contributed by atoms with E-state index in [0.29, 0.717) is 11.8 Å². The van der Waals surface area contributed by atoms with Crippen molar-refractivity contribution in [3.63, 3.8) is 0 Å². The lowest BCUT2D eigenvalue weighted by Crippen LogP contribution is -2.10. The summed E-state index contributed by atoms with van der Waals surface area (Å²) in [5.74, 6) is -0.0900. The van der Waals surface area contributed by atoms with Crippen molar-refractivity contribution in [2.75, 3.05) is 11.6 Å². The van der Waals surface area contributed by atoms with E-state index < -0.39 is 26.7 Å². The molecule has 5 nitrogen and oxygen atoms in total. The number of hydrogen-bond acceptors (Lipinski definition) is 5. The van der Waals surface area contributed by atoms with Gasteiger partial charge in [-0.15, -0.1) is 0 Å². The van der Waals surface area contributed by atoms with Gasteiger partial charge in [-0.05, 0) is 17.7 Å². The molecule has 2 rings (SSSR count). The van der Waals surface area contributed by atoms with Crippen LogP contribution in [-0.2, 0) is 22.6 Å². The molecular weight excluding hydrogens is 355 g/mol. The quantitative estimate of drug-likeness (QED) is 0.843. The largest absolute Gasteiger partial charge is 0.420 e. The number of anilines is 1. The summed E-state index contributed by atoms with van der Waals surface area (Å²) in [6.07, 6.45) is -2.96. The van der Waals surface area contributed by atoms with E-state index in [1.165, 1.54) is 12.1 Å². The molecule has 0 saturated carbocycles. The Morgan fingerprint density at radius 1 is 1.30 bits per heavy atom. The van der Waals surface area contributed by atoms with Gasteiger partial charge in [-0.25, -0.2) is 18.4 Å². The van der Waals surface area contributed by atoms with Crippen LogP contribution < -0.4 is 5.32 Å². The number of rotatable bonds is 4. The van der Waals surface area contributed by atoms with Crippen LogP contribution in [0, 0.1) is 0 Å². The molecule has 23 heavy (non-hydrogen) atoms. The third-order valence-electron chi connectivity index (χ3n) is 2.82. The number of sulfone groups is 1. The van der Waals surface area contributed by atoms with Gasteiger partial charge >= 0.3 is 6.18 Å². The first-order valence-electron chi connectivity index (χ1n) is 6.20. The summed E-state index contributed by atoms with van der Waals surface area (Å²) in [7, 11) is -3.34. The summed E-state index contributed by atoms with van der Waals surface area (Å²) >= 11 is 5.49. The Bertz CT molecular complexity index is 825. The molecule has 0 spiro atoms. The van der Waals surface area contributed by atoms with Gasteiger partial charge in [0, 0.05) is 19.0 Å². The zero-order valence-corrected chi connectivity index (χ0v) is 13.3. The second-order valence-corrected chi connectivity index (χ2v) is 7.04. The fraction of sp³-hybridized carbons (Fsp3) is 0.231. The maximum atomic E-state index is 12.5. The maximum Gasteiger partial charge on any atom is 0.420 e. The first kappa shape index (κ1) is 17.5. The second kappa shape index (κ2) is 6.32. The van der Waals surface area contributed by atoms with Crippen LogP contribution in [-0.4, -0.2) is 24.6 Å². The summed E-state index contributed by atoms with van der Waals surface area (Å²) in [5.41, 5.74) is -0.517. The van der Waals surface area contributed by atoms with Crippen molar-refractivity contribution >= 4 is 27.4 Å². The van der Waals surface area contributed by atoms with Gasteiger partial charge in [0.15, 0.2) is 9.84 Å². The number of aromatic nitrogens is 2. The van der Waals surface area contributed by atoms with Gasteiger partial charge < -0.3 is 5.32 Å². The van der Waals surface area contributed by atoms with Crippen LogP contribution in [0.25, 0.3) is 0 Å². The van der Waals surface area contributed by atoms with Gasteiger partial charge in [0.25, 0.3) is 0 Å². The van der Waals surface area contributed by atoms with E-state index in [0.717, 1.165) is 6.26 Å². The van der Waals surface area contributed by atoms with Gasteiger partial charge in [0.2, 0.25) is 5.95 Å². The van der Waals surface area contributed by atoms with Crippen LogP contribution in [0.5, 0.6) is 0 Å². The molecule has 0 unspecified atom stereocenters. The SMILES string of the molecule is CS(=O)(=O)c1cccc(CNc2ncc(C(F)(F)F)c(Cl)n2)c1. The molecule has 0 aliphatic carbocycles. The minimum absolute atomic E-state index is 0.0900. The lowest BCUT2D eigenvalue weighted by molar-refractivity contribution is -0.137. The van der Waals surface area contributed by atoms with Gasteiger partial charge in [-0.2, -0.15) is 13.2 Å². The molecule has 1 N–H and O–H groups in total. The van der Waals surface area contributed by atoms with Gasteiger partial charge in [-0.3, -0.25) is 0 Å². The lowest BCUT2D eigenvalue weighted by Gasteiger charge is -2.10. The smallest absolute Gasteiger partial charge is 0.350 e. The number of nitrogens with one attached hydrogen (secondary N) is 1. The van der Waals surface area contributed by atoms with Crippen molar-refractivity contribution in [3.05, 3.63) is 46.7 Å². The number of alkyl halides is 3. The van der Waals surface area contributed by atoms with Crippen molar-refractivity contribution in [2.24, 2.45) is 0 Å². The summed E-state index contributed by atoms with van der Waals surface area (Å²) in [4.78, 5) is 7.22. The van der Waals surface area contributed by atoms with Crippen molar-refractivity contribution in [3.8, 4) is 0 Å². The molecule has 0 radical (unpaired) electrons. The van der Waals surface area contributed by atoms with Crippen LogP contribution in [0.1, 0.15) is 11.1 Å². The highest BCUT2D eigenvalue weighted by Gasteiger charge is 2.34. The third-order valence-corrected chi connectivity index (χ3v) is 4.22. The standard InChI is InChI=1S/C13H11ClF3N3O2S/c1-23(21,22)9-4-2-3-8(5-9)6-18-12-19-7-10(11(14)20-12)13(15,16)17/h2-5,7H,6H2,1H3,(H,18,19,20). The number of halogens is 4. The summed E-state index contributed by atoms with van der Waals surface area (Å²) < 4.78 is 60.6. The Morgan fingerprint density at radius 2 is 2.00 bits per heavy atom. The van der Waals surface area contributed by atoms with Crippen LogP contribution in [0.4, 0.5) is 19.1 Å². The highest BCUT2D eigenvalue weighted by atomic mass is 35.5. The van der Waals surface area contributed by atoms with Crippen LogP contribution in [0.3, 0.4) is 0 Å². The average Bonchev–Trinajstić information content (AvgIpc) is 2.43. The molecule has 2 aromatic rings. The molecule has 0 aliphatic rings. The Labute approximate surface area is 135 Å². The maximum absolute atomic E-state index is 12.5. The highest BCUT2D eigenvalue weighted by molar-refractivity contribution is 7.90. The molecule has 0 atom stereocenters. The Balaban J connectivity index is 2.14. The van der Waals surface area contributed by atoms with E-state index in [4.69, 9.17) is 11.6 Å². The van der Waals surface area contributed by atoms with Crippen LogP contribution in [0.2, 0.25) is 5.15 Å². The molecule has 1 aromatic heterocycles. The number of hydrogen-bond donors (Lipinski definition) is 1. The summed E-state index contributed by atoms with van der Waals surface area (Å²) in [6.45, 7) is 0.130. The third kappa shape index (κ3) is 4.55. The molecule has 0 saturated heterocycles. The van der Waals surface area contributed by atoms with E-state index in [9.17, 15) is 21.6 Å². The molecule has 0 bridgehead atoms. The van der Waals surface area contributed by atoms with Crippen molar-refractivity contribution in [1.29, 1.82) is 0 Å². The monoisotopic (exact) mass is 365 g/mol. The topological polar surface area (TPSA) is 72.0 Å². The van der Waals surface area contributed by atoms with E-state index in [1.54, 1.807) is 12.1 Å². The molecule has 10 heteroatoms. The van der Waals surface area contributed by atoms with Gasteiger partial charge in [0.05, 0.1) is 4.90 Å². The first-order chi connectivity index (χ1) is 10.6. The molecule has 0 aliphatic heterocycles. The first-order valence-corrected chi connectivity index (χ1v) is 8.47. The summed E-state index contributed by atoms with van der Waals surface area (Å²) in [6, 6.07) is 6.12. The van der Waals surface area contributed by atoms with Gasteiger partial charge in [-0.1, -0.05) is 23.7 Å². The molecule has 124 valence electrons. The van der Waals surface area contributed by atoms with Crippen molar-refractivity contribution in [2.45, 2.75) is 17.6 Å². The predicted octanol–water partition coefficient (Wildman–Crippen LogP) is 3.16. The summed E-state index contributed by atoms with van der Waals surface area (Å²) in [5, 5.41) is 1.98. The Morgan fingerprint density at radius 3 is 2.57 bits per heavy atom. The molecule has 1 aromatic carbocycles. The Hall–Kier alpha value is -1.87. The lowest BCUT2D eigenvalue weighted by atomic mass is 10.2. The van der Waals surface area contributed by atoms with E-state index >= 15 is 0 Å². The van der Waals surface area contributed by atoms with Crippen molar-refractivity contribution in [1.82, 2.24) is 9.97 Å². The normalized spacial score (nSPS) is 12.2. The minimum Gasteiger partial charge on any atom is -0.350 e. The molecular formula is C13H11ClF3N3O2S. The zero-order valence-electron chi connectivity index (χ0n) is 11.7. The zero-order chi connectivity index (χ0) is 17.3. The molecule has 1 heterocycles. The molecule has 0 fully saturated rings. The minimum atomic E-state index is -4.63. The highest BCUT2D eigenvalue weighted by Crippen LogP contribution is 2.33. The van der Waals surface area contributed by atoms with Crippen LogP contribution in [0.15, 0.2) is 35.4 Å². The van der Waals surface area contributed by atoms with E-state index in [-0.39, 0.29) is 17.4 Å². The van der Waals surface area contributed by atoms with E-state index in [1.807, 2.05) is 0 Å². The van der Waals surface area contributed by atoms with E-state index in [2.05, 4.69) is 15.3 Å².